The molecule has 1 aromatic heterocycles. The highest BCUT2D eigenvalue weighted by Gasteiger charge is 2.34. The molecule has 0 fully saturated rings. The Morgan fingerprint density at radius 3 is 2.82 bits per heavy atom. The summed E-state index contributed by atoms with van der Waals surface area (Å²) in [6, 6.07) is 1.53. The van der Waals surface area contributed by atoms with Crippen LogP contribution in [0, 0.1) is 0 Å². The molecule has 5 heteroatoms. The van der Waals surface area contributed by atoms with E-state index in [1.807, 2.05) is 4.57 Å². The quantitative estimate of drug-likeness (QED) is 0.811. The van der Waals surface area contributed by atoms with Gasteiger partial charge in [0, 0.05) is 18.4 Å². The molecule has 0 saturated heterocycles. The number of nitrogens with zero attached hydrogens (tertiary/aromatic N) is 1. The zero-order valence-electron chi connectivity index (χ0n) is 9.84. The molecule has 0 unspecified atom stereocenters. The monoisotopic (exact) mass is 237 g/mol. The SMILES string of the molecule is CC(C)OC(=O)[C@H]1CCn2ccc(C(=O)O)c21. The maximum Gasteiger partial charge on any atom is 0.337 e. The first-order valence-electron chi connectivity index (χ1n) is 5.63. The summed E-state index contributed by atoms with van der Waals surface area (Å²) in [6.45, 7) is 4.23. The lowest BCUT2D eigenvalue weighted by molar-refractivity contribution is -0.149. The van der Waals surface area contributed by atoms with Gasteiger partial charge >= 0.3 is 11.9 Å². The molecule has 0 amide bonds. The first-order valence-corrected chi connectivity index (χ1v) is 5.63. The third-order valence-electron chi connectivity index (χ3n) is 2.86. The Morgan fingerprint density at radius 2 is 2.24 bits per heavy atom. The molecule has 1 N–H and O–H groups in total. The van der Waals surface area contributed by atoms with E-state index in [1.165, 1.54) is 6.07 Å². The minimum Gasteiger partial charge on any atom is -0.478 e. The van der Waals surface area contributed by atoms with E-state index in [0.29, 0.717) is 18.7 Å². The van der Waals surface area contributed by atoms with E-state index in [0.717, 1.165) is 0 Å². The van der Waals surface area contributed by atoms with Gasteiger partial charge in [-0.15, -0.1) is 0 Å². The number of hydrogen-bond donors (Lipinski definition) is 1. The molecule has 1 aliphatic rings. The fraction of sp³-hybridized carbons (Fsp3) is 0.500. The third-order valence-corrected chi connectivity index (χ3v) is 2.86. The summed E-state index contributed by atoms with van der Waals surface area (Å²) < 4.78 is 6.97. The van der Waals surface area contributed by atoms with Crippen molar-refractivity contribution in [2.24, 2.45) is 0 Å². The van der Waals surface area contributed by atoms with Gasteiger partial charge in [0.2, 0.25) is 0 Å². The molecule has 2 heterocycles. The van der Waals surface area contributed by atoms with Gasteiger partial charge in [-0.1, -0.05) is 0 Å². The van der Waals surface area contributed by atoms with Crippen LogP contribution in [0.2, 0.25) is 0 Å². The smallest absolute Gasteiger partial charge is 0.337 e. The molecule has 0 spiro atoms. The van der Waals surface area contributed by atoms with Crippen LogP contribution in [-0.2, 0) is 16.1 Å². The fourth-order valence-electron chi connectivity index (χ4n) is 2.20. The molecule has 0 radical (unpaired) electrons. The van der Waals surface area contributed by atoms with Crippen molar-refractivity contribution in [2.45, 2.75) is 38.8 Å². The number of carbonyl (C=O) groups is 2. The lowest BCUT2D eigenvalue weighted by Gasteiger charge is -2.13. The van der Waals surface area contributed by atoms with E-state index in [2.05, 4.69) is 0 Å². The van der Waals surface area contributed by atoms with E-state index < -0.39 is 11.9 Å². The van der Waals surface area contributed by atoms with Crippen LogP contribution in [0.25, 0.3) is 0 Å². The number of rotatable bonds is 3. The molecule has 17 heavy (non-hydrogen) atoms. The Hall–Kier alpha value is -1.78. The average Bonchev–Trinajstić information content (AvgIpc) is 2.73. The van der Waals surface area contributed by atoms with Gasteiger partial charge in [0.1, 0.15) is 0 Å². The van der Waals surface area contributed by atoms with Gasteiger partial charge in [-0.2, -0.15) is 0 Å². The maximum atomic E-state index is 11.9. The lowest BCUT2D eigenvalue weighted by Crippen LogP contribution is -2.19. The maximum absolute atomic E-state index is 11.9. The van der Waals surface area contributed by atoms with Crippen molar-refractivity contribution >= 4 is 11.9 Å². The number of hydrogen-bond acceptors (Lipinski definition) is 3. The number of aromatic carboxylic acids is 1. The van der Waals surface area contributed by atoms with Crippen LogP contribution in [0.1, 0.15) is 42.2 Å². The second-order valence-corrected chi connectivity index (χ2v) is 4.44. The molecule has 0 bridgehead atoms. The van der Waals surface area contributed by atoms with Crippen LogP contribution < -0.4 is 0 Å². The van der Waals surface area contributed by atoms with E-state index in [1.54, 1.807) is 20.0 Å². The zero-order valence-corrected chi connectivity index (χ0v) is 9.84. The normalized spacial score (nSPS) is 18.2. The summed E-state index contributed by atoms with van der Waals surface area (Å²) in [5.41, 5.74) is 0.774. The summed E-state index contributed by atoms with van der Waals surface area (Å²) in [5, 5.41) is 9.05. The second-order valence-electron chi connectivity index (χ2n) is 4.44. The summed E-state index contributed by atoms with van der Waals surface area (Å²) in [6.07, 6.45) is 2.14. The van der Waals surface area contributed by atoms with E-state index >= 15 is 0 Å². The lowest BCUT2D eigenvalue weighted by atomic mass is 10.0. The standard InChI is InChI=1S/C12H15NO4/c1-7(2)17-12(16)9-4-6-13-5-3-8(10(9)13)11(14)15/h3,5,7,9H,4,6H2,1-2H3,(H,14,15)/t9-/m0/s1. The molecule has 1 aliphatic heterocycles. The molecular formula is C12H15NO4. The van der Waals surface area contributed by atoms with Gasteiger partial charge in [-0.05, 0) is 26.3 Å². The van der Waals surface area contributed by atoms with Crippen LogP contribution >= 0.6 is 0 Å². The van der Waals surface area contributed by atoms with Crippen LogP contribution in [0.15, 0.2) is 12.3 Å². The Bertz CT molecular complexity index is 461. The number of ether oxygens (including phenoxy) is 1. The topological polar surface area (TPSA) is 68.5 Å². The van der Waals surface area contributed by atoms with Crippen molar-refractivity contribution in [3.05, 3.63) is 23.5 Å². The molecule has 0 aliphatic carbocycles. The number of esters is 1. The minimum atomic E-state index is -0.997. The third kappa shape index (κ3) is 2.05. The molecule has 1 atom stereocenters. The fourth-order valence-corrected chi connectivity index (χ4v) is 2.20. The highest BCUT2D eigenvalue weighted by atomic mass is 16.5. The molecular weight excluding hydrogens is 222 g/mol. The van der Waals surface area contributed by atoms with Crippen molar-refractivity contribution in [3.8, 4) is 0 Å². The number of fused-ring (bicyclic) bond motifs is 1. The predicted octanol–water partition coefficient (Wildman–Crippen LogP) is 1.63. The minimum absolute atomic E-state index is 0.181. The first kappa shape index (κ1) is 11.7. The molecule has 5 nitrogen and oxygen atoms in total. The second kappa shape index (κ2) is 4.24. The Morgan fingerprint density at radius 1 is 1.53 bits per heavy atom. The summed E-state index contributed by atoms with van der Waals surface area (Å²) in [4.78, 5) is 22.9. The summed E-state index contributed by atoms with van der Waals surface area (Å²) in [7, 11) is 0. The molecule has 92 valence electrons. The highest BCUT2D eigenvalue weighted by Crippen LogP contribution is 2.33. The number of aromatic nitrogens is 1. The average molecular weight is 237 g/mol. The van der Waals surface area contributed by atoms with Crippen LogP contribution in [0.3, 0.4) is 0 Å². The van der Waals surface area contributed by atoms with Crippen molar-refractivity contribution < 1.29 is 19.4 Å². The van der Waals surface area contributed by atoms with E-state index in [-0.39, 0.29) is 17.6 Å². The van der Waals surface area contributed by atoms with Crippen molar-refractivity contribution in [1.29, 1.82) is 0 Å². The van der Waals surface area contributed by atoms with E-state index in [9.17, 15) is 9.59 Å². The predicted molar refractivity (Wildman–Crippen MR) is 60.0 cm³/mol. The Kier molecular flexibility index (Phi) is 2.92. The zero-order chi connectivity index (χ0) is 12.6. The summed E-state index contributed by atoms with van der Waals surface area (Å²) in [5.74, 6) is -1.78. The summed E-state index contributed by atoms with van der Waals surface area (Å²) >= 11 is 0. The van der Waals surface area contributed by atoms with Gasteiger partial charge in [-0.3, -0.25) is 4.79 Å². The number of aryl methyl sites for hydroxylation is 1. The first-order chi connectivity index (χ1) is 8.00. The van der Waals surface area contributed by atoms with Crippen LogP contribution in [-0.4, -0.2) is 27.7 Å². The van der Waals surface area contributed by atoms with E-state index in [4.69, 9.17) is 9.84 Å². The highest BCUT2D eigenvalue weighted by molar-refractivity contribution is 5.92. The van der Waals surface area contributed by atoms with Gasteiger partial charge in [0.25, 0.3) is 0 Å². The van der Waals surface area contributed by atoms with Crippen molar-refractivity contribution in [3.63, 3.8) is 0 Å². The van der Waals surface area contributed by atoms with Gasteiger partial charge in [-0.25, -0.2) is 4.79 Å². The number of carboxylic acids is 1. The Labute approximate surface area is 99.0 Å². The van der Waals surface area contributed by atoms with Gasteiger partial charge < -0.3 is 14.4 Å². The van der Waals surface area contributed by atoms with Gasteiger partial charge in [0.05, 0.1) is 17.6 Å². The molecule has 0 saturated carbocycles. The van der Waals surface area contributed by atoms with Gasteiger partial charge in [0.15, 0.2) is 0 Å². The van der Waals surface area contributed by atoms with Crippen LogP contribution in [0.5, 0.6) is 0 Å². The largest absolute Gasteiger partial charge is 0.478 e. The Balaban J connectivity index is 2.29. The number of carbonyl (C=O) groups excluding carboxylic acids is 1. The van der Waals surface area contributed by atoms with Crippen LogP contribution in [0.4, 0.5) is 0 Å². The molecule has 0 aromatic carbocycles. The molecule has 1 aromatic rings. The van der Waals surface area contributed by atoms with Crippen molar-refractivity contribution in [1.82, 2.24) is 4.57 Å². The van der Waals surface area contributed by atoms with Crippen molar-refractivity contribution in [2.75, 3.05) is 0 Å². The molecule has 2 rings (SSSR count). The number of carboxylic acid groups (broad SMARTS) is 1.